The van der Waals surface area contributed by atoms with Gasteiger partial charge in [-0.3, -0.25) is 0 Å². The first-order valence-corrected chi connectivity index (χ1v) is 12.2. The molecule has 36 heavy (non-hydrogen) atoms. The number of fused-ring (bicyclic) bond motifs is 2. The quantitative estimate of drug-likeness (QED) is 0.276. The molecule has 1 aliphatic carbocycles. The topological polar surface area (TPSA) is 91.5 Å². The molecule has 7 heteroatoms. The summed E-state index contributed by atoms with van der Waals surface area (Å²) in [4.78, 5) is 8.85. The molecule has 1 aliphatic rings. The molecule has 3 aromatic carbocycles. The Morgan fingerprint density at radius 1 is 0.889 bits per heavy atom. The number of nitrogens with zero attached hydrogens (tertiary/aromatic N) is 2. The summed E-state index contributed by atoms with van der Waals surface area (Å²) in [5.74, 6) is 3.19. The van der Waals surface area contributed by atoms with E-state index < -0.39 is 0 Å². The van der Waals surface area contributed by atoms with Crippen LogP contribution in [-0.4, -0.2) is 36.8 Å². The van der Waals surface area contributed by atoms with Gasteiger partial charge in [0, 0.05) is 23.1 Å². The van der Waals surface area contributed by atoms with Crippen molar-refractivity contribution in [2.24, 2.45) is 5.73 Å². The highest BCUT2D eigenvalue weighted by atomic mass is 16.5. The van der Waals surface area contributed by atoms with E-state index in [1.807, 2.05) is 50.2 Å². The van der Waals surface area contributed by atoms with Gasteiger partial charge in [0.2, 0.25) is 0 Å². The second-order valence-electron chi connectivity index (χ2n) is 8.99. The predicted octanol–water partition coefficient (Wildman–Crippen LogP) is 6.10. The zero-order chi connectivity index (χ0) is 25.7. The Bertz CT molecular complexity index is 1350. The Balaban J connectivity index is 0.00000148. The van der Waals surface area contributed by atoms with E-state index in [4.69, 9.17) is 14.2 Å². The summed E-state index contributed by atoms with van der Waals surface area (Å²) in [6.45, 7) is 10.2. The fourth-order valence-corrected chi connectivity index (χ4v) is 4.20. The number of ether oxygens (including phenoxy) is 3. The van der Waals surface area contributed by atoms with Gasteiger partial charge in [-0.1, -0.05) is 19.9 Å². The SMILES string of the molecule is CCOCCOc1ccc2ncnc(Nc3ccc(Oc4ccc5c(c4)C5(C)C)c(C)c3)c2c1.CN. The molecule has 4 aromatic rings. The Morgan fingerprint density at radius 3 is 2.44 bits per heavy atom. The van der Waals surface area contributed by atoms with Gasteiger partial charge in [-0.15, -0.1) is 0 Å². The second kappa shape index (κ2) is 10.9. The van der Waals surface area contributed by atoms with Crippen LogP contribution in [0.15, 0.2) is 60.9 Å². The molecule has 0 saturated carbocycles. The van der Waals surface area contributed by atoms with Crippen molar-refractivity contribution in [3.8, 4) is 17.2 Å². The number of rotatable bonds is 9. The van der Waals surface area contributed by atoms with Crippen LogP contribution in [0.4, 0.5) is 11.5 Å². The highest BCUT2D eigenvalue weighted by molar-refractivity contribution is 5.91. The lowest BCUT2D eigenvalue weighted by Gasteiger charge is -2.13. The van der Waals surface area contributed by atoms with Crippen LogP contribution in [0.2, 0.25) is 0 Å². The van der Waals surface area contributed by atoms with Crippen LogP contribution in [0.1, 0.15) is 37.5 Å². The normalized spacial score (nSPS) is 12.8. The third-order valence-corrected chi connectivity index (χ3v) is 6.25. The van der Waals surface area contributed by atoms with Crippen molar-refractivity contribution >= 4 is 22.4 Å². The maximum absolute atomic E-state index is 6.18. The lowest BCUT2D eigenvalue weighted by molar-refractivity contribution is 0.110. The van der Waals surface area contributed by atoms with Crippen LogP contribution in [0.5, 0.6) is 17.2 Å². The molecule has 0 atom stereocenters. The number of hydrogen-bond donors (Lipinski definition) is 2. The number of benzene rings is 3. The minimum atomic E-state index is 0.180. The number of hydrogen-bond acceptors (Lipinski definition) is 7. The first-order valence-electron chi connectivity index (χ1n) is 12.2. The Labute approximate surface area is 212 Å². The molecule has 5 rings (SSSR count). The van der Waals surface area contributed by atoms with Crippen molar-refractivity contribution in [1.82, 2.24) is 9.97 Å². The average Bonchev–Trinajstić information content (AvgIpc) is 3.44. The molecule has 3 N–H and O–H groups in total. The van der Waals surface area contributed by atoms with E-state index in [0.717, 1.165) is 45.2 Å². The molecule has 0 saturated heterocycles. The van der Waals surface area contributed by atoms with Gasteiger partial charge in [0.15, 0.2) is 0 Å². The summed E-state index contributed by atoms with van der Waals surface area (Å²) in [6.07, 6.45) is 1.56. The van der Waals surface area contributed by atoms with Gasteiger partial charge in [-0.25, -0.2) is 9.97 Å². The average molecular weight is 487 g/mol. The number of nitrogens with two attached hydrogens (primary N) is 1. The van der Waals surface area contributed by atoms with Gasteiger partial charge in [0.25, 0.3) is 0 Å². The van der Waals surface area contributed by atoms with Gasteiger partial charge < -0.3 is 25.3 Å². The van der Waals surface area contributed by atoms with Crippen LogP contribution in [-0.2, 0) is 10.2 Å². The minimum Gasteiger partial charge on any atom is -0.491 e. The van der Waals surface area contributed by atoms with Crippen LogP contribution in [0.25, 0.3) is 10.9 Å². The van der Waals surface area contributed by atoms with E-state index in [2.05, 4.69) is 53.1 Å². The van der Waals surface area contributed by atoms with E-state index in [1.165, 1.54) is 18.2 Å². The van der Waals surface area contributed by atoms with E-state index in [1.54, 1.807) is 6.33 Å². The molecule has 188 valence electrons. The minimum absolute atomic E-state index is 0.180. The van der Waals surface area contributed by atoms with Crippen LogP contribution in [0.3, 0.4) is 0 Å². The smallest absolute Gasteiger partial charge is 0.141 e. The van der Waals surface area contributed by atoms with Crippen molar-refractivity contribution < 1.29 is 14.2 Å². The first kappa shape index (κ1) is 25.4. The molecule has 0 spiro atoms. The third kappa shape index (κ3) is 5.42. The fourth-order valence-electron chi connectivity index (χ4n) is 4.20. The van der Waals surface area contributed by atoms with Crippen molar-refractivity contribution in [2.45, 2.75) is 33.1 Å². The van der Waals surface area contributed by atoms with Crippen LogP contribution >= 0.6 is 0 Å². The Kier molecular flexibility index (Phi) is 7.72. The van der Waals surface area contributed by atoms with E-state index in [-0.39, 0.29) is 5.41 Å². The Hall–Kier alpha value is -3.68. The van der Waals surface area contributed by atoms with E-state index >= 15 is 0 Å². The maximum atomic E-state index is 6.18. The van der Waals surface area contributed by atoms with Gasteiger partial charge in [-0.2, -0.15) is 0 Å². The molecule has 0 bridgehead atoms. The standard InChI is InChI=1S/C28H29N3O3.CH5N/c1-5-32-12-13-33-20-8-10-25-22(15-20)27(30-17-29-25)31-19-6-11-26(18(2)14-19)34-21-7-9-23-24(16-21)28(23,3)4;1-2/h6-11,14-17H,5,12-13H2,1-4H3,(H,29,30,31);2H2,1H3. The highest BCUT2D eigenvalue weighted by Crippen LogP contribution is 2.50. The van der Waals surface area contributed by atoms with Crippen molar-refractivity contribution in [3.63, 3.8) is 0 Å². The summed E-state index contributed by atoms with van der Waals surface area (Å²) < 4.78 is 17.3. The van der Waals surface area contributed by atoms with Crippen molar-refractivity contribution in [3.05, 3.63) is 77.6 Å². The molecular formula is C29H34N4O3. The predicted molar refractivity (Wildman–Crippen MR) is 145 cm³/mol. The molecular weight excluding hydrogens is 452 g/mol. The summed E-state index contributed by atoms with van der Waals surface area (Å²) in [6, 6.07) is 18.2. The lowest BCUT2D eigenvalue weighted by Crippen LogP contribution is -2.06. The molecule has 0 amide bonds. The molecule has 7 nitrogen and oxygen atoms in total. The van der Waals surface area contributed by atoms with E-state index in [9.17, 15) is 0 Å². The molecule has 0 unspecified atom stereocenters. The van der Waals surface area contributed by atoms with Crippen molar-refractivity contribution in [2.75, 3.05) is 32.2 Å². The molecule has 0 fully saturated rings. The van der Waals surface area contributed by atoms with Gasteiger partial charge in [0.05, 0.1) is 12.1 Å². The molecule has 0 aliphatic heterocycles. The summed E-state index contributed by atoms with van der Waals surface area (Å²) in [7, 11) is 1.50. The van der Waals surface area contributed by atoms with Gasteiger partial charge in [-0.05, 0) is 86.1 Å². The highest BCUT2D eigenvalue weighted by Gasteiger charge is 2.41. The van der Waals surface area contributed by atoms with Gasteiger partial charge >= 0.3 is 0 Å². The number of aryl methyl sites for hydroxylation is 1. The first-order chi connectivity index (χ1) is 17.5. The van der Waals surface area contributed by atoms with Crippen LogP contribution in [0, 0.1) is 6.92 Å². The monoisotopic (exact) mass is 486 g/mol. The lowest BCUT2D eigenvalue weighted by atomic mass is 10.1. The maximum Gasteiger partial charge on any atom is 0.141 e. The zero-order valence-corrected chi connectivity index (χ0v) is 21.6. The molecule has 1 heterocycles. The molecule has 1 aromatic heterocycles. The van der Waals surface area contributed by atoms with Crippen molar-refractivity contribution in [1.29, 1.82) is 0 Å². The van der Waals surface area contributed by atoms with E-state index in [0.29, 0.717) is 19.8 Å². The zero-order valence-electron chi connectivity index (χ0n) is 21.6. The molecule has 0 radical (unpaired) electrons. The third-order valence-electron chi connectivity index (χ3n) is 6.25. The summed E-state index contributed by atoms with van der Waals surface area (Å²) >= 11 is 0. The number of aromatic nitrogens is 2. The summed E-state index contributed by atoms with van der Waals surface area (Å²) in [5.41, 5.74) is 10.2. The Morgan fingerprint density at radius 2 is 1.69 bits per heavy atom. The number of anilines is 2. The van der Waals surface area contributed by atoms with Crippen LogP contribution < -0.4 is 20.5 Å². The largest absolute Gasteiger partial charge is 0.491 e. The second-order valence-corrected chi connectivity index (χ2v) is 8.99. The fraction of sp³-hybridized carbons (Fsp3) is 0.310. The summed E-state index contributed by atoms with van der Waals surface area (Å²) in [5, 5.41) is 4.32. The van der Waals surface area contributed by atoms with Gasteiger partial charge in [0.1, 0.15) is 36.0 Å². The number of nitrogens with one attached hydrogen (secondary N) is 1.